The molecule has 0 radical (unpaired) electrons. The van der Waals surface area contributed by atoms with Gasteiger partial charge in [-0.1, -0.05) is 126 Å². The summed E-state index contributed by atoms with van der Waals surface area (Å²) >= 11 is 0. The molecular weight excluding hydrogens is 969 g/mol. The molecule has 0 saturated heterocycles. The molecule has 0 aliphatic carbocycles. The first-order valence-electron chi connectivity index (χ1n) is 26.7. The van der Waals surface area contributed by atoms with Crippen molar-refractivity contribution in [1.82, 2.24) is 49.8 Å². The summed E-state index contributed by atoms with van der Waals surface area (Å²) in [6.45, 7) is 25.9. The van der Waals surface area contributed by atoms with Crippen LogP contribution in [0.4, 0.5) is 0 Å². The molecule has 8 N–H and O–H groups in total. The zero-order valence-electron chi connectivity index (χ0n) is 47.5. The zero-order valence-corrected chi connectivity index (χ0v) is 47.5. The van der Waals surface area contributed by atoms with Gasteiger partial charge in [-0.3, -0.25) is 0 Å². The van der Waals surface area contributed by atoms with Gasteiger partial charge in [-0.25, -0.2) is 24.9 Å². The number of aromatic nitrogens is 10. The van der Waals surface area contributed by atoms with Crippen molar-refractivity contribution >= 4 is 0 Å². The fourth-order valence-electron chi connectivity index (χ4n) is 9.87. The summed E-state index contributed by atoms with van der Waals surface area (Å²) < 4.78 is 0. The van der Waals surface area contributed by atoms with Crippen molar-refractivity contribution in [1.29, 1.82) is 0 Å². The van der Waals surface area contributed by atoms with E-state index < -0.39 is 0 Å². The minimum Gasteiger partial charge on any atom is -0.392 e. The lowest BCUT2D eigenvalue weighted by atomic mass is 9.91. The van der Waals surface area contributed by atoms with E-state index in [0.29, 0.717) is 11.8 Å². The van der Waals surface area contributed by atoms with Crippen LogP contribution < -0.4 is 0 Å². The molecule has 5 atom stereocenters. The van der Waals surface area contributed by atoms with E-state index in [4.69, 9.17) is 0 Å². The van der Waals surface area contributed by atoms with Crippen molar-refractivity contribution in [3.63, 3.8) is 0 Å². The number of H-pyrrole nitrogens is 5. The smallest absolute Gasteiger partial charge is 0.0921 e. The molecule has 0 fully saturated rings. The van der Waals surface area contributed by atoms with Crippen molar-refractivity contribution in [2.24, 2.45) is 0 Å². The number of nitrogens with zero attached hydrogens (tertiary/aromatic N) is 5. The summed E-state index contributed by atoms with van der Waals surface area (Å²) in [5.74, 6) is 1.58. The Hall–Kier alpha value is -7.97. The third kappa shape index (κ3) is 14.9. The average molecular weight is 1050 g/mol. The molecule has 0 amide bonds. The number of aryl methyl sites for hydroxylation is 2. The van der Waals surface area contributed by atoms with Crippen molar-refractivity contribution in [3.05, 3.63) is 266 Å². The Bertz CT molecular complexity index is 3010. The Kier molecular flexibility index (Phi) is 22.0. The van der Waals surface area contributed by atoms with Crippen molar-refractivity contribution in [2.45, 2.75) is 132 Å². The van der Waals surface area contributed by atoms with Crippen LogP contribution in [0.3, 0.4) is 0 Å². The molecule has 0 bridgehead atoms. The highest BCUT2D eigenvalue weighted by Gasteiger charge is 2.17. The van der Waals surface area contributed by atoms with Crippen molar-refractivity contribution < 1.29 is 15.3 Å². The van der Waals surface area contributed by atoms with Gasteiger partial charge in [0.05, 0.1) is 51.5 Å². The van der Waals surface area contributed by atoms with Gasteiger partial charge in [0.25, 0.3) is 0 Å². The number of benzene rings is 5. The Labute approximate surface area is 461 Å². The van der Waals surface area contributed by atoms with Gasteiger partial charge >= 0.3 is 0 Å². The maximum atomic E-state index is 9.24. The van der Waals surface area contributed by atoms with E-state index in [9.17, 15) is 15.3 Å². The summed E-state index contributed by atoms with van der Waals surface area (Å²) in [5.41, 5.74) is 24.0. The molecule has 0 aliphatic rings. The van der Waals surface area contributed by atoms with Crippen LogP contribution in [0.1, 0.15) is 176 Å². The van der Waals surface area contributed by atoms with Gasteiger partial charge in [-0.05, 0) is 132 Å². The first-order valence-corrected chi connectivity index (χ1v) is 26.7. The first-order chi connectivity index (χ1) is 37.6. The normalized spacial score (nSPS) is 12.7. The predicted molar refractivity (Wildman–Crippen MR) is 314 cm³/mol. The highest BCUT2D eigenvalue weighted by atomic mass is 16.3. The minimum atomic E-state index is 0.0926. The molecule has 13 nitrogen and oxygen atoms in total. The van der Waals surface area contributed by atoms with Crippen molar-refractivity contribution in [3.8, 4) is 0 Å². The van der Waals surface area contributed by atoms with E-state index in [-0.39, 0.29) is 37.6 Å². The van der Waals surface area contributed by atoms with E-state index >= 15 is 0 Å². The second-order valence-electron chi connectivity index (χ2n) is 20.1. The number of aromatic amines is 5. The Morgan fingerprint density at radius 2 is 0.513 bits per heavy atom. The number of aliphatic hydroxyl groups is 3. The van der Waals surface area contributed by atoms with Crippen LogP contribution in [0.5, 0.6) is 0 Å². The lowest BCUT2D eigenvalue weighted by molar-refractivity contribution is 0.280. The van der Waals surface area contributed by atoms with E-state index in [1.54, 1.807) is 31.6 Å². The van der Waals surface area contributed by atoms with Crippen LogP contribution in [0.25, 0.3) is 0 Å². The number of rotatable bonds is 13. The summed E-state index contributed by atoms with van der Waals surface area (Å²) in [6.07, 6.45) is 17.9. The van der Waals surface area contributed by atoms with E-state index in [1.165, 1.54) is 61.5 Å². The molecule has 10 rings (SSSR count). The van der Waals surface area contributed by atoms with Gasteiger partial charge in [-0.2, -0.15) is 0 Å². The Balaban J connectivity index is 0.000000158. The SMILES string of the molecule is Cc1c(CO)cccc1C(C)c1cnc[nH]1.Cc1c(CO)cccc1[C@@H](C)c1cnc[nH]1.Cc1c(CO)cccc1[C@H](C)c1cnc[nH]1.Cc1cccc(C(C)c2cnc[nH]2)c1C.Cc1cccc([C@H](C)c2cnc[nH]2)c1C. The molecule has 0 spiro atoms. The molecule has 10 aromatic rings. The van der Waals surface area contributed by atoms with Gasteiger partial charge in [-0.15, -0.1) is 0 Å². The lowest BCUT2D eigenvalue weighted by Gasteiger charge is -2.15. The summed E-state index contributed by atoms with van der Waals surface area (Å²) in [6, 6.07) is 31.0. The van der Waals surface area contributed by atoms with Crippen LogP contribution in [0.15, 0.2) is 154 Å². The quantitative estimate of drug-likeness (QED) is 0.0557. The molecular formula is C65H80N10O3. The van der Waals surface area contributed by atoms with Gasteiger partial charge in [0.15, 0.2) is 0 Å². The Morgan fingerprint density at radius 3 is 0.705 bits per heavy atom. The van der Waals surface area contributed by atoms with E-state index in [2.05, 4.69) is 167 Å². The molecule has 0 saturated carbocycles. The first kappa shape index (κ1) is 59.3. The summed E-state index contributed by atoms with van der Waals surface area (Å²) in [7, 11) is 0. The predicted octanol–water partition coefficient (Wildman–Crippen LogP) is 13.4. The maximum Gasteiger partial charge on any atom is 0.0921 e. The van der Waals surface area contributed by atoms with Gasteiger partial charge < -0.3 is 40.2 Å². The molecule has 78 heavy (non-hydrogen) atoms. The zero-order chi connectivity index (χ0) is 56.3. The second-order valence-corrected chi connectivity index (χ2v) is 20.1. The summed E-state index contributed by atoms with van der Waals surface area (Å²) in [4.78, 5) is 36.0. The molecule has 0 aliphatic heterocycles. The number of aliphatic hydroxyl groups excluding tert-OH is 3. The van der Waals surface area contributed by atoms with Crippen LogP contribution in [0.2, 0.25) is 0 Å². The average Bonchev–Trinajstić information content (AvgIpc) is 4.34. The fraction of sp³-hybridized carbons (Fsp3) is 0.308. The molecule has 5 aromatic carbocycles. The molecule has 5 heterocycles. The standard InChI is InChI=1S/3C13H16N2O.2C13H16N2/c3*1-9-11(7-16)4-3-5-12(9)10(2)13-6-14-8-15-13;2*1-9-5-4-6-12(10(9)2)11(3)13-7-14-8-15-13/h3*3-6,8,10,16H,7H2,1-2H3,(H,14,15);2*4-8,11H,1-3H3,(H,14,15)/t2*10-;;11-;/m10.0./s1. The largest absolute Gasteiger partial charge is 0.392 e. The highest BCUT2D eigenvalue weighted by Crippen LogP contribution is 2.31. The third-order valence-corrected chi connectivity index (χ3v) is 15.5. The third-order valence-electron chi connectivity index (χ3n) is 15.5. The minimum absolute atomic E-state index is 0.0926. The molecule has 408 valence electrons. The maximum absolute atomic E-state index is 9.24. The van der Waals surface area contributed by atoms with E-state index in [1.807, 2.05) is 88.2 Å². The monoisotopic (exact) mass is 1050 g/mol. The van der Waals surface area contributed by atoms with Crippen LogP contribution in [-0.4, -0.2) is 65.2 Å². The van der Waals surface area contributed by atoms with Gasteiger partial charge in [0.2, 0.25) is 0 Å². The molecule has 2 unspecified atom stereocenters. The van der Waals surface area contributed by atoms with Crippen molar-refractivity contribution in [2.75, 3.05) is 0 Å². The van der Waals surface area contributed by atoms with Crippen LogP contribution in [0, 0.1) is 48.5 Å². The summed E-state index contributed by atoms with van der Waals surface area (Å²) in [5, 5.41) is 27.7. The highest BCUT2D eigenvalue weighted by molar-refractivity contribution is 5.43. The van der Waals surface area contributed by atoms with Crippen LogP contribution >= 0.6 is 0 Å². The van der Waals surface area contributed by atoms with E-state index in [0.717, 1.165) is 50.5 Å². The second kappa shape index (κ2) is 29.0. The number of hydrogen-bond acceptors (Lipinski definition) is 8. The number of hydrogen-bond donors (Lipinski definition) is 8. The lowest BCUT2D eigenvalue weighted by Crippen LogP contribution is -2.02. The number of imidazole rings is 5. The molecule has 5 aromatic heterocycles. The molecule has 13 heteroatoms. The fourth-order valence-corrected chi connectivity index (χ4v) is 9.87. The topological polar surface area (TPSA) is 204 Å². The Morgan fingerprint density at radius 1 is 0.308 bits per heavy atom. The van der Waals surface area contributed by atoms with Gasteiger partial charge in [0.1, 0.15) is 0 Å². The van der Waals surface area contributed by atoms with Crippen LogP contribution in [-0.2, 0) is 19.8 Å². The van der Waals surface area contributed by atoms with Gasteiger partial charge in [0, 0.05) is 89.0 Å². The number of nitrogens with one attached hydrogen (secondary N) is 5.